The highest BCUT2D eigenvalue weighted by molar-refractivity contribution is 7.88. The molecule has 6 heteroatoms. The summed E-state index contributed by atoms with van der Waals surface area (Å²) in [5, 5.41) is 9.18. The van der Waals surface area contributed by atoms with E-state index in [2.05, 4.69) is 0 Å². The van der Waals surface area contributed by atoms with Gasteiger partial charge in [0.25, 0.3) is 0 Å². The summed E-state index contributed by atoms with van der Waals surface area (Å²) in [7, 11) is -3.71. The minimum atomic E-state index is -3.71. The van der Waals surface area contributed by atoms with Gasteiger partial charge in [-0.3, -0.25) is 0 Å². The van der Waals surface area contributed by atoms with Gasteiger partial charge in [-0.15, -0.1) is 0 Å². The van der Waals surface area contributed by atoms with E-state index < -0.39 is 10.0 Å². The van der Waals surface area contributed by atoms with Gasteiger partial charge in [0.1, 0.15) is 17.1 Å². The van der Waals surface area contributed by atoms with Gasteiger partial charge in [0.05, 0.1) is 0 Å². The van der Waals surface area contributed by atoms with Crippen LogP contribution in [-0.4, -0.2) is 13.6 Å². The van der Waals surface area contributed by atoms with Gasteiger partial charge in [-0.25, -0.2) is 8.42 Å². The molecule has 0 amide bonds. The van der Waals surface area contributed by atoms with Crippen molar-refractivity contribution in [2.45, 2.75) is 5.75 Å². The van der Waals surface area contributed by atoms with Gasteiger partial charge in [0.15, 0.2) is 0 Å². The highest BCUT2D eigenvalue weighted by Crippen LogP contribution is 2.19. The fourth-order valence-corrected chi connectivity index (χ4v) is 1.91. The predicted octanol–water partition coefficient (Wildman–Crippen LogP) is 1.24. The molecule has 0 atom stereocenters. The van der Waals surface area contributed by atoms with E-state index in [9.17, 15) is 8.42 Å². The molecule has 0 spiro atoms. The molecular weight excluding hydrogens is 218 g/mol. The summed E-state index contributed by atoms with van der Waals surface area (Å²) in [5.74, 6) is -0.0872. The fourth-order valence-electron chi connectivity index (χ4n) is 1.33. The largest absolute Gasteiger partial charge is 0.460 e. The first-order valence-corrected chi connectivity index (χ1v) is 5.87. The summed E-state index contributed by atoms with van der Waals surface area (Å²) < 4.78 is 27.3. The summed E-state index contributed by atoms with van der Waals surface area (Å²) in [6.45, 7) is 0. The quantitative estimate of drug-likeness (QED) is 0.773. The standard InChI is InChI=1S/C9H9NO4S/c11-10-15(12,13)6-8-5-7-3-1-2-4-9(7)14-8/h1-5,10-11H,6H2. The van der Waals surface area contributed by atoms with Crippen molar-refractivity contribution in [2.75, 3.05) is 0 Å². The maximum Gasteiger partial charge on any atom is 0.240 e. The van der Waals surface area contributed by atoms with Crippen molar-refractivity contribution < 1.29 is 18.0 Å². The number of para-hydroxylation sites is 1. The first-order chi connectivity index (χ1) is 7.11. The highest BCUT2D eigenvalue weighted by Gasteiger charge is 2.13. The lowest BCUT2D eigenvalue weighted by Crippen LogP contribution is -2.20. The number of fused-ring (bicyclic) bond motifs is 1. The molecule has 0 unspecified atom stereocenters. The molecule has 0 saturated heterocycles. The Morgan fingerprint density at radius 2 is 2.07 bits per heavy atom. The van der Waals surface area contributed by atoms with E-state index >= 15 is 0 Å². The number of hydrogen-bond acceptors (Lipinski definition) is 4. The van der Waals surface area contributed by atoms with Crippen LogP contribution in [-0.2, 0) is 15.8 Å². The molecule has 0 radical (unpaired) electrons. The van der Waals surface area contributed by atoms with Gasteiger partial charge in [0, 0.05) is 5.39 Å². The molecule has 2 rings (SSSR count). The van der Waals surface area contributed by atoms with Gasteiger partial charge in [-0.05, 0) is 12.1 Å². The molecule has 2 N–H and O–H groups in total. The zero-order valence-electron chi connectivity index (χ0n) is 7.67. The molecule has 0 aliphatic rings. The first-order valence-electron chi connectivity index (χ1n) is 4.22. The smallest absolute Gasteiger partial charge is 0.240 e. The molecule has 2 aromatic rings. The predicted molar refractivity (Wildman–Crippen MR) is 53.8 cm³/mol. The Morgan fingerprint density at radius 3 is 2.73 bits per heavy atom. The Morgan fingerprint density at radius 1 is 1.33 bits per heavy atom. The lowest BCUT2D eigenvalue weighted by Gasteiger charge is -1.96. The average molecular weight is 227 g/mol. The van der Waals surface area contributed by atoms with E-state index in [1.807, 2.05) is 12.1 Å². The number of sulfonamides is 1. The number of hydrogen-bond donors (Lipinski definition) is 2. The van der Waals surface area contributed by atoms with E-state index in [-0.39, 0.29) is 11.5 Å². The fraction of sp³-hybridized carbons (Fsp3) is 0.111. The second-order valence-corrected chi connectivity index (χ2v) is 4.80. The Balaban J connectivity index is 2.38. The van der Waals surface area contributed by atoms with E-state index in [0.717, 1.165) is 5.39 Å². The zero-order chi connectivity index (χ0) is 10.9. The van der Waals surface area contributed by atoms with E-state index in [0.29, 0.717) is 5.58 Å². The molecule has 0 aliphatic heterocycles. The number of rotatable bonds is 3. The Kier molecular flexibility index (Phi) is 2.47. The van der Waals surface area contributed by atoms with Crippen LogP contribution in [0.25, 0.3) is 11.0 Å². The average Bonchev–Trinajstić information content (AvgIpc) is 2.58. The third-order valence-electron chi connectivity index (χ3n) is 1.95. The minimum absolute atomic E-state index is 0.290. The third-order valence-corrected chi connectivity index (χ3v) is 2.89. The maximum absolute atomic E-state index is 11.0. The van der Waals surface area contributed by atoms with Gasteiger partial charge in [-0.1, -0.05) is 23.1 Å². The van der Waals surface area contributed by atoms with E-state index in [4.69, 9.17) is 9.62 Å². The van der Waals surface area contributed by atoms with Gasteiger partial charge >= 0.3 is 0 Å². The van der Waals surface area contributed by atoms with Gasteiger partial charge in [0.2, 0.25) is 10.0 Å². The van der Waals surface area contributed by atoms with Crippen molar-refractivity contribution in [3.05, 3.63) is 36.1 Å². The van der Waals surface area contributed by atoms with Crippen LogP contribution in [0.15, 0.2) is 34.7 Å². The second kappa shape index (κ2) is 3.65. The molecule has 5 nitrogen and oxygen atoms in total. The van der Waals surface area contributed by atoms with Crippen LogP contribution in [0.1, 0.15) is 5.76 Å². The topological polar surface area (TPSA) is 79.5 Å². The van der Waals surface area contributed by atoms with Crippen LogP contribution in [0.5, 0.6) is 0 Å². The second-order valence-electron chi connectivity index (χ2n) is 3.10. The number of nitrogens with one attached hydrogen (secondary N) is 1. The molecule has 15 heavy (non-hydrogen) atoms. The molecule has 1 heterocycles. The van der Waals surface area contributed by atoms with Crippen molar-refractivity contribution in [2.24, 2.45) is 0 Å². The Hall–Kier alpha value is -1.37. The summed E-state index contributed by atoms with van der Waals surface area (Å²) in [6, 6.07) is 8.83. The zero-order valence-corrected chi connectivity index (χ0v) is 8.49. The maximum atomic E-state index is 11.0. The number of furan rings is 1. The summed E-state index contributed by atoms with van der Waals surface area (Å²) in [6.07, 6.45) is 0. The summed E-state index contributed by atoms with van der Waals surface area (Å²) >= 11 is 0. The van der Waals surface area contributed by atoms with E-state index in [1.165, 1.54) is 4.89 Å². The lowest BCUT2D eigenvalue weighted by molar-refractivity contribution is 0.242. The van der Waals surface area contributed by atoms with Crippen LogP contribution < -0.4 is 4.89 Å². The molecule has 0 saturated carbocycles. The van der Waals surface area contributed by atoms with E-state index in [1.54, 1.807) is 18.2 Å². The third kappa shape index (κ3) is 2.17. The van der Waals surface area contributed by atoms with Crippen LogP contribution in [0.2, 0.25) is 0 Å². The van der Waals surface area contributed by atoms with Crippen molar-refractivity contribution >= 4 is 21.0 Å². The molecular formula is C9H9NO4S. The summed E-state index contributed by atoms with van der Waals surface area (Å²) in [4.78, 5) is 1.25. The molecule has 80 valence electrons. The van der Waals surface area contributed by atoms with Gasteiger partial charge in [-0.2, -0.15) is 0 Å². The van der Waals surface area contributed by atoms with Crippen molar-refractivity contribution in [1.82, 2.24) is 4.89 Å². The van der Waals surface area contributed by atoms with Crippen LogP contribution >= 0.6 is 0 Å². The van der Waals surface area contributed by atoms with Crippen molar-refractivity contribution in [1.29, 1.82) is 0 Å². The molecule has 0 aliphatic carbocycles. The number of benzene rings is 1. The van der Waals surface area contributed by atoms with Gasteiger partial charge < -0.3 is 9.62 Å². The SMILES string of the molecule is O=S(=O)(Cc1cc2ccccc2o1)NO. The Labute approximate surface area is 86.3 Å². The Bertz CT molecular complexity index is 540. The summed E-state index contributed by atoms with van der Waals surface area (Å²) in [5.41, 5.74) is 0.626. The molecule has 1 aromatic carbocycles. The van der Waals surface area contributed by atoms with Crippen LogP contribution in [0.3, 0.4) is 0 Å². The van der Waals surface area contributed by atoms with Crippen molar-refractivity contribution in [3.8, 4) is 0 Å². The van der Waals surface area contributed by atoms with Crippen LogP contribution in [0, 0.1) is 0 Å². The lowest BCUT2D eigenvalue weighted by atomic mass is 10.2. The highest BCUT2D eigenvalue weighted by atomic mass is 32.2. The van der Waals surface area contributed by atoms with Crippen LogP contribution in [0.4, 0.5) is 0 Å². The molecule has 0 fully saturated rings. The van der Waals surface area contributed by atoms with Crippen molar-refractivity contribution in [3.63, 3.8) is 0 Å². The monoisotopic (exact) mass is 227 g/mol. The minimum Gasteiger partial charge on any atom is -0.460 e. The molecule has 1 aromatic heterocycles. The normalized spacial score (nSPS) is 12.1. The first kappa shape index (κ1) is 10.2. The molecule has 0 bridgehead atoms.